The number of hydrogen-bond acceptors (Lipinski definition) is 1. The minimum absolute atomic E-state index is 0.507. The molecule has 1 atom stereocenters. The zero-order chi connectivity index (χ0) is 7.94. The molecule has 0 amide bonds. The lowest BCUT2D eigenvalue weighted by Gasteiger charge is -2.14. The molecule has 0 spiro atoms. The van der Waals surface area contributed by atoms with Crippen molar-refractivity contribution in [1.29, 1.82) is 0 Å². The van der Waals surface area contributed by atoms with Crippen LogP contribution >= 0.6 is 0 Å². The average Bonchev–Trinajstić information content (AvgIpc) is 2.03. The van der Waals surface area contributed by atoms with E-state index in [0.29, 0.717) is 6.10 Å². The van der Waals surface area contributed by atoms with Gasteiger partial charge in [-0.25, -0.2) is 0 Å². The van der Waals surface area contributed by atoms with E-state index in [9.17, 15) is 0 Å². The standard InChI is InChI=1S/C10H20O/c1-10-8-6-4-2-3-5-7-9-11-10/h10H,2-9H2,1H3. The maximum atomic E-state index is 5.62. The smallest absolute Gasteiger partial charge is 0.0547 e. The predicted molar refractivity (Wildman–Crippen MR) is 47.7 cm³/mol. The Balaban J connectivity index is 2.12. The summed E-state index contributed by atoms with van der Waals surface area (Å²) in [5.41, 5.74) is 0. The first-order chi connectivity index (χ1) is 5.39. The van der Waals surface area contributed by atoms with Crippen LogP contribution in [0.25, 0.3) is 0 Å². The molecule has 0 bridgehead atoms. The second kappa shape index (κ2) is 5.59. The Bertz CT molecular complexity index is 80.9. The van der Waals surface area contributed by atoms with E-state index in [1.165, 1.54) is 44.9 Å². The first-order valence-corrected chi connectivity index (χ1v) is 5.01. The van der Waals surface area contributed by atoms with E-state index in [-0.39, 0.29) is 0 Å². The monoisotopic (exact) mass is 156 g/mol. The highest BCUT2D eigenvalue weighted by atomic mass is 16.5. The highest BCUT2D eigenvalue weighted by Gasteiger charge is 2.03. The van der Waals surface area contributed by atoms with E-state index < -0.39 is 0 Å². The van der Waals surface area contributed by atoms with Gasteiger partial charge in [0.25, 0.3) is 0 Å². The molecular formula is C10H20O. The van der Waals surface area contributed by atoms with Gasteiger partial charge in [-0.2, -0.15) is 0 Å². The Morgan fingerprint density at radius 2 is 1.55 bits per heavy atom. The first-order valence-electron chi connectivity index (χ1n) is 5.01. The van der Waals surface area contributed by atoms with Crippen LogP contribution in [-0.4, -0.2) is 12.7 Å². The van der Waals surface area contributed by atoms with Crippen LogP contribution < -0.4 is 0 Å². The number of hydrogen-bond donors (Lipinski definition) is 0. The van der Waals surface area contributed by atoms with Crippen LogP contribution in [0.5, 0.6) is 0 Å². The van der Waals surface area contributed by atoms with E-state index in [1.54, 1.807) is 0 Å². The van der Waals surface area contributed by atoms with Gasteiger partial charge >= 0.3 is 0 Å². The molecule has 1 nitrogen and oxygen atoms in total. The third-order valence-corrected chi connectivity index (χ3v) is 2.41. The Hall–Kier alpha value is -0.0400. The van der Waals surface area contributed by atoms with Gasteiger partial charge in [-0.15, -0.1) is 0 Å². The molecule has 0 aromatic heterocycles. The summed E-state index contributed by atoms with van der Waals surface area (Å²) in [6.07, 6.45) is 10.0. The van der Waals surface area contributed by atoms with Gasteiger partial charge in [-0.05, 0) is 19.8 Å². The molecule has 1 aliphatic rings. The van der Waals surface area contributed by atoms with E-state index >= 15 is 0 Å². The van der Waals surface area contributed by atoms with Crippen molar-refractivity contribution in [2.75, 3.05) is 6.61 Å². The summed E-state index contributed by atoms with van der Waals surface area (Å²) in [5, 5.41) is 0. The van der Waals surface area contributed by atoms with Crippen LogP contribution in [0.2, 0.25) is 0 Å². The molecule has 0 radical (unpaired) electrons. The molecule has 1 heteroatoms. The van der Waals surface area contributed by atoms with Gasteiger partial charge < -0.3 is 4.74 Å². The van der Waals surface area contributed by atoms with Gasteiger partial charge in [0.15, 0.2) is 0 Å². The van der Waals surface area contributed by atoms with Crippen molar-refractivity contribution in [2.24, 2.45) is 0 Å². The molecule has 0 saturated carbocycles. The summed E-state index contributed by atoms with van der Waals surface area (Å²) in [5.74, 6) is 0. The van der Waals surface area contributed by atoms with Crippen molar-refractivity contribution >= 4 is 0 Å². The average molecular weight is 156 g/mol. The molecule has 0 aliphatic carbocycles. The fraction of sp³-hybridized carbons (Fsp3) is 1.00. The van der Waals surface area contributed by atoms with Gasteiger partial charge in [0.05, 0.1) is 6.10 Å². The highest BCUT2D eigenvalue weighted by Crippen LogP contribution is 2.13. The first kappa shape index (κ1) is 9.05. The topological polar surface area (TPSA) is 9.23 Å². The van der Waals surface area contributed by atoms with Crippen LogP contribution in [0.4, 0.5) is 0 Å². The number of rotatable bonds is 0. The lowest BCUT2D eigenvalue weighted by atomic mass is 10.1. The van der Waals surface area contributed by atoms with Crippen LogP contribution in [-0.2, 0) is 4.74 Å². The molecule has 0 N–H and O–H groups in total. The van der Waals surface area contributed by atoms with Crippen molar-refractivity contribution < 1.29 is 4.74 Å². The second-order valence-corrected chi connectivity index (χ2v) is 3.59. The van der Waals surface area contributed by atoms with Gasteiger partial charge in [-0.3, -0.25) is 0 Å². The van der Waals surface area contributed by atoms with E-state index in [1.807, 2.05) is 0 Å². The maximum absolute atomic E-state index is 5.62. The Morgan fingerprint density at radius 1 is 0.909 bits per heavy atom. The van der Waals surface area contributed by atoms with Gasteiger partial charge in [-0.1, -0.05) is 32.1 Å². The maximum Gasteiger partial charge on any atom is 0.0547 e. The van der Waals surface area contributed by atoms with E-state index in [2.05, 4.69) is 6.92 Å². The largest absolute Gasteiger partial charge is 0.379 e. The summed E-state index contributed by atoms with van der Waals surface area (Å²) in [6, 6.07) is 0. The van der Waals surface area contributed by atoms with Crippen molar-refractivity contribution in [3.63, 3.8) is 0 Å². The SMILES string of the molecule is CC1CCCCCCCCO1. The molecule has 1 rings (SSSR count). The molecule has 66 valence electrons. The lowest BCUT2D eigenvalue weighted by Crippen LogP contribution is -2.10. The van der Waals surface area contributed by atoms with Gasteiger partial charge in [0.1, 0.15) is 0 Å². The quantitative estimate of drug-likeness (QED) is 0.523. The zero-order valence-electron chi connectivity index (χ0n) is 7.64. The third-order valence-electron chi connectivity index (χ3n) is 2.41. The van der Waals surface area contributed by atoms with E-state index in [4.69, 9.17) is 4.74 Å². The normalized spacial score (nSPS) is 29.7. The second-order valence-electron chi connectivity index (χ2n) is 3.59. The molecule has 1 unspecified atom stereocenters. The molecule has 0 aromatic rings. The third kappa shape index (κ3) is 4.41. The van der Waals surface area contributed by atoms with Crippen LogP contribution in [0.1, 0.15) is 51.9 Å². The molecule has 0 aromatic carbocycles. The number of ether oxygens (including phenoxy) is 1. The predicted octanol–water partition coefficient (Wildman–Crippen LogP) is 3.14. The Labute approximate surface area is 70.1 Å². The van der Waals surface area contributed by atoms with Crippen LogP contribution in [0.3, 0.4) is 0 Å². The van der Waals surface area contributed by atoms with E-state index in [0.717, 1.165) is 6.61 Å². The molecule has 1 fully saturated rings. The molecule has 1 heterocycles. The fourth-order valence-electron chi connectivity index (χ4n) is 1.61. The van der Waals surface area contributed by atoms with Gasteiger partial charge in [0, 0.05) is 6.61 Å². The fourth-order valence-corrected chi connectivity index (χ4v) is 1.61. The van der Waals surface area contributed by atoms with Crippen molar-refractivity contribution in [3.05, 3.63) is 0 Å². The minimum atomic E-state index is 0.507. The molecular weight excluding hydrogens is 136 g/mol. The van der Waals surface area contributed by atoms with Crippen LogP contribution in [0, 0.1) is 0 Å². The van der Waals surface area contributed by atoms with Crippen molar-refractivity contribution in [2.45, 2.75) is 58.0 Å². The zero-order valence-corrected chi connectivity index (χ0v) is 7.64. The van der Waals surface area contributed by atoms with Crippen LogP contribution in [0.15, 0.2) is 0 Å². The summed E-state index contributed by atoms with van der Waals surface area (Å²) >= 11 is 0. The molecule has 1 saturated heterocycles. The van der Waals surface area contributed by atoms with Gasteiger partial charge in [0.2, 0.25) is 0 Å². The minimum Gasteiger partial charge on any atom is -0.379 e. The lowest BCUT2D eigenvalue weighted by molar-refractivity contribution is 0.0536. The van der Waals surface area contributed by atoms with Crippen molar-refractivity contribution in [1.82, 2.24) is 0 Å². The van der Waals surface area contributed by atoms with Crippen molar-refractivity contribution in [3.8, 4) is 0 Å². The molecule has 11 heavy (non-hydrogen) atoms. The Morgan fingerprint density at radius 3 is 2.36 bits per heavy atom. The highest BCUT2D eigenvalue weighted by molar-refractivity contribution is 4.54. The summed E-state index contributed by atoms with van der Waals surface area (Å²) in [4.78, 5) is 0. The summed E-state index contributed by atoms with van der Waals surface area (Å²) < 4.78 is 5.62. The summed E-state index contributed by atoms with van der Waals surface area (Å²) in [7, 11) is 0. The molecule has 1 aliphatic heterocycles. The Kier molecular flexibility index (Phi) is 4.60. The summed E-state index contributed by atoms with van der Waals surface area (Å²) in [6.45, 7) is 3.18.